The lowest BCUT2D eigenvalue weighted by atomic mass is 10.1. The molecule has 1 unspecified atom stereocenters. The minimum atomic E-state index is -1.35. The summed E-state index contributed by atoms with van der Waals surface area (Å²) in [5.74, 6) is -0.940. The van der Waals surface area contributed by atoms with Crippen molar-refractivity contribution in [2.45, 2.75) is 25.5 Å². The van der Waals surface area contributed by atoms with Gasteiger partial charge in [0, 0.05) is 36.8 Å². The summed E-state index contributed by atoms with van der Waals surface area (Å²) in [5.41, 5.74) is 6.46. The number of carbonyl (C=O) groups is 1. The van der Waals surface area contributed by atoms with E-state index in [1.165, 1.54) is 6.20 Å². The van der Waals surface area contributed by atoms with Gasteiger partial charge in [0.25, 0.3) is 0 Å². The molecule has 1 aliphatic heterocycles. The van der Waals surface area contributed by atoms with Crippen LogP contribution in [0.4, 0.5) is 10.2 Å². The van der Waals surface area contributed by atoms with Crippen LogP contribution >= 0.6 is 0 Å². The number of rotatable bonds is 9. The molecule has 1 atom stereocenters. The number of ether oxygens (including phenoxy) is 2. The van der Waals surface area contributed by atoms with Crippen molar-refractivity contribution in [3.63, 3.8) is 0 Å². The molecule has 0 bridgehead atoms. The molecule has 3 heterocycles. The molecule has 1 aliphatic carbocycles. The maximum Gasteiger partial charge on any atom is 0.341 e. The van der Waals surface area contributed by atoms with Gasteiger partial charge in [-0.1, -0.05) is 5.16 Å². The number of nitrogens with zero attached hydrogens (tertiary/aromatic N) is 4. The number of oxime groups is 1. The zero-order valence-corrected chi connectivity index (χ0v) is 21.0. The summed E-state index contributed by atoms with van der Waals surface area (Å²) in [7, 11) is 3.13. The zero-order chi connectivity index (χ0) is 27.0. The Bertz CT molecular complexity index is 1490. The van der Waals surface area contributed by atoms with Crippen molar-refractivity contribution >= 4 is 28.5 Å². The molecular formula is C26H28FN5O6. The SMILES string of the molecule is COc1ccc(OC)c(CO/N=C2\CN(c3nc4c(cc3F)c(=O)c(C(=O)O)cn4C3CC3)CC2CN)c1. The Morgan fingerprint density at radius 1 is 1.26 bits per heavy atom. The topological polar surface area (TPSA) is 142 Å². The lowest BCUT2D eigenvalue weighted by molar-refractivity contribution is 0.0695. The molecule has 1 aromatic carbocycles. The van der Waals surface area contributed by atoms with E-state index in [0.717, 1.165) is 24.5 Å². The first kappa shape index (κ1) is 25.5. The number of methoxy groups -OCH3 is 2. The molecule has 2 aliphatic rings. The van der Waals surface area contributed by atoms with E-state index in [0.29, 0.717) is 23.8 Å². The van der Waals surface area contributed by atoms with Crippen molar-refractivity contribution in [1.29, 1.82) is 0 Å². The van der Waals surface area contributed by atoms with Crippen LogP contribution in [0.2, 0.25) is 0 Å². The summed E-state index contributed by atoms with van der Waals surface area (Å²) >= 11 is 0. The number of fused-ring (bicyclic) bond motifs is 1. The van der Waals surface area contributed by atoms with Crippen LogP contribution in [0.5, 0.6) is 11.5 Å². The van der Waals surface area contributed by atoms with Crippen LogP contribution in [0.15, 0.2) is 40.4 Å². The summed E-state index contributed by atoms with van der Waals surface area (Å²) in [6.07, 6.45) is 2.97. The molecule has 200 valence electrons. The fraction of sp³-hybridized carbons (Fsp3) is 0.385. The van der Waals surface area contributed by atoms with E-state index in [1.807, 2.05) is 0 Å². The van der Waals surface area contributed by atoms with Crippen LogP contribution in [-0.4, -0.2) is 60.2 Å². The van der Waals surface area contributed by atoms with Crippen molar-refractivity contribution in [3.05, 3.63) is 57.6 Å². The molecule has 1 saturated heterocycles. The molecule has 0 radical (unpaired) electrons. The van der Waals surface area contributed by atoms with Crippen LogP contribution in [0.1, 0.15) is 34.8 Å². The lowest BCUT2D eigenvalue weighted by Gasteiger charge is -2.19. The second-order valence-electron chi connectivity index (χ2n) is 9.33. The normalized spacial score (nSPS) is 18.3. The van der Waals surface area contributed by atoms with Gasteiger partial charge in [0.1, 0.15) is 29.3 Å². The number of aromatic carboxylic acids is 1. The Kier molecular flexibility index (Phi) is 6.89. The minimum absolute atomic E-state index is 0.0245. The van der Waals surface area contributed by atoms with E-state index >= 15 is 4.39 Å². The monoisotopic (exact) mass is 525 g/mol. The highest BCUT2D eigenvalue weighted by Crippen LogP contribution is 2.37. The third-order valence-electron chi connectivity index (χ3n) is 6.85. The average Bonchev–Trinajstić information content (AvgIpc) is 3.68. The summed E-state index contributed by atoms with van der Waals surface area (Å²) in [4.78, 5) is 36.2. The predicted octanol–water partition coefficient (Wildman–Crippen LogP) is 2.55. The van der Waals surface area contributed by atoms with Gasteiger partial charge in [-0.05, 0) is 37.1 Å². The number of nitrogens with two attached hydrogens (primary N) is 1. The summed E-state index contributed by atoms with van der Waals surface area (Å²) in [6.45, 7) is 0.985. The first-order valence-electron chi connectivity index (χ1n) is 12.2. The number of carboxylic acid groups (broad SMARTS) is 1. The number of carboxylic acids is 1. The van der Waals surface area contributed by atoms with E-state index in [9.17, 15) is 14.7 Å². The Labute approximate surface area is 217 Å². The standard InChI is InChI=1S/C26H28FN5O6/c1-36-17-5-6-22(37-2)14(7-17)13-38-30-21-12-31(10-15(21)9-28)25-20(27)8-18-23(33)19(26(34)35)11-32(16-3-4-16)24(18)29-25/h5-8,11,15-16H,3-4,9-10,12-13,28H2,1-2H3,(H,34,35)/b30-21+. The predicted molar refractivity (Wildman–Crippen MR) is 138 cm³/mol. The highest BCUT2D eigenvalue weighted by atomic mass is 19.1. The third-order valence-corrected chi connectivity index (χ3v) is 6.85. The minimum Gasteiger partial charge on any atom is -0.497 e. The van der Waals surface area contributed by atoms with E-state index < -0.39 is 22.8 Å². The van der Waals surface area contributed by atoms with Crippen LogP contribution < -0.4 is 25.5 Å². The Hall–Kier alpha value is -4.19. The van der Waals surface area contributed by atoms with Gasteiger partial charge in [-0.15, -0.1) is 0 Å². The van der Waals surface area contributed by atoms with Gasteiger partial charge in [0.15, 0.2) is 11.6 Å². The molecule has 0 amide bonds. The van der Waals surface area contributed by atoms with Gasteiger partial charge < -0.3 is 34.6 Å². The van der Waals surface area contributed by atoms with Crippen LogP contribution in [0.3, 0.4) is 0 Å². The molecule has 11 nitrogen and oxygen atoms in total. The number of benzene rings is 1. The van der Waals surface area contributed by atoms with Crippen molar-refractivity contribution < 1.29 is 28.6 Å². The van der Waals surface area contributed by atoms with Crippen molar-refractivity contribution in [1.82, 2.24) is 9.55 Å². The fourth-order valence-corrected chi connectivity index (χ4v) is 4.66. The lowest BCUT2D eigenvalue weighted by Crippen LogP contribution is -2.26. The van der Waals surface area contributed by atoms with Crippen LogP contribution in [0.25, 0.3) is 11.0 Å². The number of hydrogen-bond acceptors (Lipinski definition) is 9. The second-order valence-corrected chi connectivity index (χ2v) is 9.33. The van der Waals surface area contributed by atoms with Crippen LogP contribution in [0, 0.1) is 11.7 Å². The maximum atomic E-state index is 15.3. The van der Waals surface area contributed by atoms with Crippen LogP contribution in [-0.2, 0) is 11.4 Å². The summed E-state index contributed by atoms with van der Waals surface area (Å²) in [5, 5.41) is 13.7. The molecule has 5 rings (SSSR count). The maximum absolute atomic E-state index is 15.3. The molecule has 2 aromatic heterocycles. The molecule has 0 spiro atoms. The van der Waals surface area contributed by atoms with Gasteiger partial charge in [-0.25, -0.2) is 14.2 Å². The van der Waals surface area contributed by atoms with E-state index in [2.05, 4.69) is 10.1 Å². The van der Waals surface area contributed by atoms with Crippen molar-refractivity contribution in [2.24, 2.45) is 16.8 Å². The van der Waals surface area contributed by atoms with Gasteiger partial charge in [-0.2, -0.15) is 0 Å². The van der Waals surface area contributed by atoms with E-state index in [1.54, 1.807) is 41.9 Å². The number of hydrogen-bond donors (Lipinski definition) is 2. The van der Waals surface area contributed by atoms with Gasteiger partial charge in [0.2, 0.25) is 5.43 Å². The van der Waals surface area contributed by atoms with E-state index in [4.69, 9.17) is 20.0 Å². The average molecular weight is 526 g/mol. The van der Waals surface area contributed by atoms with Gasteiger partial charge in [0.05, 0.1) is 31.9 Å². The summed E-state index contributed by atoms with van der Waals surface area (Å²) in [6, 6.07) is 6.45. The molecule has 3 N–H and O–H groups in total. The molecule has 38 heavy (non-hydrogen) atoms. The zero-order valence-electron chi connectivity index (χ0n) is 21.0. The van der Waals surface area contributed by atoms with E-state index in [-0.39, 0.29) is 48.5 Å². The molecule has 3 aromatic rings. The number of aromatic nitrogens is 2. The number of anilines is 1. The van der Waals surface area contributed by atoms with Gasteiger partial charge >= 0.3 is 5.97 Å². The van der Waals surface area contributed by atoms with Gasteiger partial charge in [-0.3, -0.25) is 4.79 Å². The Balaban J connectivity index is 1.43. The fourth-order valence-electron chi connectivity index (χ4n) is 4.66. The Morgan fingerprint density at radius 2 is 2.05 bits per heavy atom. The first-order chi connectivity index (χ1) is 18.3. The highest BCUT2D eigenvalue weighted by Gasteiger charge is 2.33. The molecule has 12 heteroatoms. The Morgan fingerprint density at radius 3 is 2.71 bits per heavy atom. The summed E-state index contributed by atoms with van der Waals surface area (Å²) < 4.78 is 27.6. The molecular weight excluding hydrogens is 497 g/mol. The molecule has 2 fully saturated rings. The molecule has 1 saturated carbocycles. The van der Waals surface area contributed by atoms with Crippen molar-refractivity contribution in [3.8, 4) is 11.5 Å². The number of pyridine rings is 2. The first-order valence-corrected chi connectivity index (χ1v) is 12.2. The quantitative estimate of drug-likeness (QED) is 0.403. The smallest absolute Gasteiger partial charge is 0.341 e. The highest BCUT2D eigenvalue weighted by molar-refractivity contribution is 5.95. The van der Waals surface area contributed by atoms with Crippen molar-refractivity contribution in [2.75, 3.05) is 38.8 Å². The second kappa shape index (κ2) is 10.3. The largest absolute Gasteiger partial charge is 0.497 e. The third kappa shape index (κ3) is 4.74. The number of halogens is 1.